The molecule has 1 fully saturated rings. The van der Waals surface area contributed by atoms with Crippen LogP contribution in [0.1, 0.15) is 19.3 Å². The van der Waals surface area contributed by atoms with Gasteiger partial charge in [-0.1, -0.05) is 0 Å². The maximum absolute atomic E-state index is 5.75. The summed E-state index contributed by atoms with van der Waals surface area (Å²) in [5.41, 5.74) is 6.31. The second-order valence-corrected chi connectivity index (χ2v) is 4.64. The number of nitrogen functional groups attached to an aromatic ring is 1. The number of methoxy groups -OCH3 is 1. The number of nitrogens with zero attached hydrogens (tertiary/aromatic N) is 2. The zero-order valence-corrected chi connectivity index (χ0v) is 11.1. The molecule has 0 aliphatic carbocycles. The van der Waals surface area contributed by atoms with Crippen LogP contribution in [0.25, 0.3) is 0 Å². The summed E-state index contributed by atoms with van der Waals surface area (Å²) in [6.07, 6.45) is 3.84. The molecule has 5 nitrogen and oxygen atoms in total. The van der Waals surface area contributed by atoms with Gasteiger partial charge in [0.05, 0.1) is 18.9 Å². The Morgan fingerprint density at radius 3 is 3.00 bits per heavy atom. The molecule has 5 heteroatoms. The van der Waals surface area contributed by atoms with Gasteiger partial charge >= 0.3 is 0 Å². The van der Waals surface area contributed by atoms with E-state index in [-0.39, 0.29) is 0 Å². The average Bonchev–Trinajstić information content (AvgIpc) is 2.40. The predicted octanol–water partition coefficient (Wildman–Crippen LogP) is 1.68. The van der Waals surface area contributed by atoms with Gasteiger partial charge < -0.3 is 20.1 Å². The summed E-state index contributed by atoms with van der Waals surface area (Å²) >= 11 is 0. The topological polar surface area (TPSA) is 60.6 Å². The molecule has 1 aliphatic heterocycles. The number of anilines is 2. The van der Waals surface area contributed by atoms with E-state index in [1.54, 1.807) is 7.11 Å². The number of hydrogen-bond acceptors (Lipinski definition) is 5. The quantitative estimate of drug-likeness (QED) is 0.882. The first-order valence-corrected chi connectivity index (χ1v) is 6.34. The van der Waals surface area contributed by atoms with Crippen molar-refractivity contribution < 1.29 is 9.47 Å². The fourth-order valence-corrected chi connectivity index (χ4v) is 2.17. The van der Waals surface area contributed by atoms with E-state index in [0.717, 1.165) is 25.4 Å². The summed E-state index contributed by atoms with van der Waals surface area (Å²) in [6, 6.07) is 3.72. The second-order valence-electron chi connectivity index (χ2n) is 4.64. The molecule has 100 valence electrons. The van der Waals surface area contributed by atoms with E-state index in [0.29, 0.717) is 17.7 Å². The minimum atomic E-state index is 0.300. The average molecular weight is 251 g/mol. The number of ether oxygens (including phenoxy) is 2. The lowest BCUT2D eigenvalue weighted by atomic mass is 10.1. The molecule has 0 saturated carbocycles. The lowest BCUT2D eigenvalue weighted by Gasteiger charge is -2.28. The third kappa shape index (κ3) is 3.04. The zero-order chi connectivity index (χ0) is 13.0. The summed E-state index contributed by atoms with van der Waals surface area (Å²) in [5.74, 6) is 1.33. The molecule has 18 heavy (non-hydrogen) atoms. The van der Waals surface area contributed by atoms with Gasteiger partial charge in [0.25, 0.3) is 0 Å². The van der Waals surface area contributed by atoms with Crippen LogP contribution in [0, 0.1) is 0 Å². The zero-order valence-electron chi connectivity index (χ0n) is 11.1. The van der Waals surface area contributed by atoms with Gasteiger partial charge in [0, 0.05) is 20.2 Å². The van der Waals surface area contributed by atoms with Gasteiger partial charge in [-0.2, -0.15) is 4.98 Å². The first kappa shape index (κ1) is 13.0. The highest BCUT2D eigenvalue weighted by Crippen LogP contribution is 2.23. The van der Waals surface area contributed by atoms with Gasteiger partial charge in [0.15, 0.2) is 0 Å². The molecule has 1 aromatic heterocycles. The molecule has 1 atom stereocenters. The first-order valence-electron chi connectivity index (χ1n) is 6.34. The van der Waals surface area contributed by atoms with Gasteiger partial charge in [-0.05, 0) is 31.4 Å². The predicted molar refractivity (Wildman–Crippen MR) is 72.1 cm³/mol. The highest BCUT2D eigenvalue weighted by atomic mass is 16.5. The van der Waals surface area contributed by atoms with Crippen molar-refractivity contribution in [2.45, 2.75) is 25.4 Å². The Hall–Kier alpha value is -1.49. The number of nitrogens with two attached hydrogens (primary N) is 1. The van der Waals surface area contributed by atoms with Crippen molar-refractivity contribution >= 4 is 11.5 Å². The van der Waals surface area contributed by atoms with E-state index >= 15 is 0 Å². The molecule has 0 aromatic carbocycles. The maximum atomic E-state index is 5.75. The summed E-state index contributed by atoms with van der Waals surface area (Å²) in [5, 5.41) is 0. The van der Waals surface area contributed by atoms with E-state index in [4.69, 9.17) is 15.2 Å². The minimum absolute atomic E-state index is 0.300. The second kappa shape index (κ2) is 5.91. The Bertz CT molecular complexity index is 392. The molecule has 0 amide bonds. The highest BCUT2D eigenvalue weighted by molar-refractivity contribution is 5.54. The van der Waals surface area contributed by atoms with Crippen LogP contribution in [0.3, 0.4) is 0 Å². The van der Waals surface area contributed by atoms with Crippen molar-refractivity contribution in [1.82, 2.24) is 4.98 Å². The molecular weight excluding hydrogens is 230 g/mol. The fraction of sp³-hybridized carbons (Fsp3) is 0.615. The van der Waals surface area contributed by atoms with Crippen LogP contribution in [0.2, 0.25) is 0 Å². The monoisotopic (exact) mass is 251 g/mol. The molecule has 2 heterocycles. The Morgan fingerprint density at radius 1 is 1.50 bits per heavy atom. The van der Waals surface area contributed by atoms with Gasteiger partial charge in [0.1, 0.15) is 5.82 Å². The third-order valence-corrected chi connectivity index (χ3v) is 3.21. The van der Waals surface area contributed by atoms with Crippen molar-refractivity contribution in [3.63, 3.8) is 0 Å². The normalized spacial score (nSPS) is 19.6. The maximum Gasteiger partial charge on any atom is 0.238 e. The van der Waals surface area contributed by atoms with Gasteiger partial charge in [-0.15, -0.1) is 0 Å². The van der Waals surface area contributed by atoms with Gasteiger partial charge in [0.2, 0.25) is 5.88 Å². The molecule has 1 aromatic rings. The lowest BCUT2D eigenvalue weighted by molar-refractivity contribution is 0.0215. The highest BCUT2D eigenvalue weighted by Gasteiger charge is 2.17. The van der Waals surface area contributed by atoms with Crippen molar-refractivity contribution in [3.8, 4) is 5.88 Å². The number of hydrogen-bond donors (Lipinski definition) is 1. The van der Waals surface area contributed by atoms with Crippen LogP contribution in [0.4, 0.5) is 11.5 Å². The molecule has 0 radical (unpaired) electrons. The Kier molecular flexibility index (Phi) is 4.25. The molecule has 1 unspecified atom stereocenters. The molecular formula is C13H21N3O2. The summed E-state index contributed by atoms with van der Waals surface area (Å²) in [7, 11) is 3.59. The van der Waals surface area contributed by atoms with Crippen LogP contribution in [-0.2, 0) is 4.74 Å². The Balaban J connectivity index is 2.01. The molecule has 2 N–H and O–H groups in total. The fourth-order valence-electron chi connectivity index (χ4n) is 2.17. The largest absolute Gasteiger partial charge is 0.479 e. The molecule has 0 bridgehead atoms. The molecule has 1 saturated heterocycles. The van der Waals surface area contributed by atoms with Crippen molar-refractivity contribution in [1.29, 1.82) is 0 Å². The van der Waals surface area contributed by atoms with Gasteiger partial charge in [-0.25, -0.2) is 0 Å². The molecule has 2 rings (SSSR count). The van der Waals surface area contributed by atoms with E-state index in [2.05, 4.69) is 9.88 Å². The van der Waals surface area contributed by atoms with E-state index in [1.165, 1.54) is 12.8 Å². The molecule has 1 aliphatic rings. The summed E-state index contributed by atoms with van der Waals surface area (Å²) in [4.78, 5) is 6.46. The minimum Gasteiger partial charge on any atom is -0.479 e. The van der Waals surface area contributed by atoms with Crippen molar-refractivity contribution in [2.75, 3.05) is 37.9 Å². The number of pyridine rings is 1. The van der Waals surface area contributed by atoms with Gasteiger partial charge in [-0.3, -0.25) is 0 Å². The van der Waals surface area contributed by atoms with E-state index in [9.17, 15) is 0 Å². The van der Waals surface area contributed by atoms with Crippen molar-refractivity contribution in [2.24, 2.45) is 0 Å². The van der Waals surface area contributed by atoms with Crippen molar-refractivity contribution in [3.05, 3.63) is 12.1 Å². The SMILES string of the molecule is COc1nc(N(C)CC2CCCCO2)ccc1N. The third-order valence-electron chi connectivity index (χ3n) is 3.21. The van der Waals surface area contributed by atoms with E-state index in [1.807, 2.05) is 19.2 Å². The smallest absolute Gasteiger partial charge is 0.238 e. The summed E-state index contributed by atoms with van der Waals surface area (Å²) < 4.78 is 10.9. The number of rotatable bonds is 4. The number of aromatic nitrogens is 1. The van der Waals surface area contributed by atoms with Crippen LogP contribution in [-0.4, -0.2) is 38.4 Å². The first-order chi connectivity index (χ1) is 8.70. The van der Waals surface area contributed by atoms with E-state index < -0.39 is 0 Å². The molecule has 0 spiro atoms. The van der Waals surface area contributed by atoms with Crippen LogP contribution in [0.15, 0.2) is 12.1 Å². The number of likely N-dealkylation sites (N-methyl/N-ethyl adjacent to an activating group) is 1. The standard InChI is InChI=1S/C13H21N3O2/c1-16(9-10-5-3-4-8-18-10)12-7-6-11(14)13(15-12)17-2/h6-7,10H,3-5,8-9,14H2,1-2H3. The van der Waals surface area contributed by atoms with Crippen LogP contribution < -0.4 is 15.4 Å². The lowest BCUT2D eigenvalue weighted by Crippen LogP contribution is -2.33. The van der Waals surface area contributed by atoms with Crippen LogP contribution in [0.5, 0.6) is 5.88 Å². The summed E-state index contributed by atoms with van der Waals surface area (Å²) in [6.45, 7) is 1.72. The Morgan fingerprint density at radius 2 is 2.33 bits per heavy atom. The van der Waals surface area contributed by atoms with Crippen LogP contribution >= 0.6 is 0 Å². The Labute approximate surface area is 108 Å².